The number of H-pyrrole nitrogens is 1. The van der Waals surface area contributed by atoms with Gasteiger partial charge in [0.1, 0.15) is 11.0 Å². The molecular weight excluding hydrogens is 341 g/mol. The number of aromatic nitrogens is 5. The van der Waals surface area contributed by atoms with Crippen molar-refractivity contribution < 1.29 is 0 Å². The van der Waals surface area contributed by atoms with E-state index in [4.69, 9.17) is 23.2 Å². The summed E-state index contributed by atoms with van der Waals surface area (Å²) in [5.74, 6) is 0.525. The van der Waals surface area contributed by atoms with Crippen molar-refractivity contribution in [3.63, 3.8) is 0 Å². The summed E-state index contributed by atoms with van der Waals surface area (Å²) in [7, 11) is 0. The molecule has 0 aliphatic rings. The predicted molar refractivity (Wildman–Crippen MR) is 88.9 cm³/mol. The first kappa shape index (κ1) is 15.8. The smallest absolute Gasteiger partial charge is 0.273 e. The summed E-state index contributed by atoms with van der Waals surface area (Å²) in [6.45, 7) is 5.69. The van der Waals surface area contributed by atoms with Gasteiger partial charge in [-0.25, -0.2) is 19.0 Å². The molecule has 7 nitrogen and oxygen atoms in total. The molecule has 3 heterocycles. The van der Waals surface area contributed by atoms with Crippen molar-refractivity contribution >= 4 is 34.2 Å². The van der Waals surface area contributed by atoms with Crippen LogP contribution < -0.4 is 11.2 Å². The number of nitrogens with one attached hydrogen (secondary N) is 1. The van der Waals surface area contributed by atoms with E-state index in [9.17, 15) is 9.59 Å². The van der Waals surface area contributed by atoms with E-state index < -0.39 is 11.2 Å². The molecule has 0 fully saturated rings. The van der Waals surface area contributed by atoms with E-state index in [0.717, 1.165) is 5.56 Å². The lowest BCUT2D eigenvalue weighted by molar-refractivity contribution is 0.519. The maximum atomic E-state index is 12.4. The van der Waals surface area contributed by atoms with E-state index in [0.29, 0.717) is 5.82 Å². The molecule has 0 spiro atoms. The number of aromatic amines is 1. The van der Waals surface area contributed by atoms with E-state index in [1.807, 2.05) is 20.8 Å². The monoisotopic (exact) mass is 353 g/mol. The Balaban J connectivity index is 2.53. The minimum Gasteiger partial charge on any atom is -0.273 e. The Labute approximate surface area is 140 Å². The van der Waals surface area contributed by atoms with Crippen LogP contribution in [0.25, 0.3) is 16.9 Å². The molecule has 0 saturated carbocycles. The van der Waals surface area contributed by atoms with Gasteiger partial charge in [-0.1, -0.05) is 23.2 Å². The number of pyridine rings is 1. The SMILES string of the molecule is Cc1cnn(C(C)C)c1-n1c(=O)[nH]c(=O)c2cc(Cl)c(Cl)nc21. The van der Waals surface area contributed by atoms with Crippen molar-refractivity contribution in [3.8, 4) is 5.82 Å². The molecule has 0 atom stereocenters. The van der Waals surface area contributed by atoms with E-state index in [1.165, 1.54) is 10.6 Å². The topological polar surface area (TPSA) is 85.6 Å². The molecule has 0 unspecified atom stereocenters. The number of nitrogens with zero attached hydrogens (tertiary/aromatic N) is 4. The van der Waals surface area contributed by atoms with Crippen molar-refractivity contribution in [1.82, 2.24) is 24.3 Å². The number of hydrogen-bond acceptors (Lipinski definition) is 4. The maximum Gasteiger partial charge on any atom is 0.335 e. The molecule has 120 valence electrons. The Hall–Kier alpha value is -2.12. The number of aryl methyl sites for hydroxylation is 1. The Morgan fingerprint density at radius 1 is 1.26 bits per heavy atom. The third-order valence-corrected chi connectivity index (χ3v) is 4.11. The molecular formula is C14H13Cl2N5O2. The number of halogens is 2. The molecule has 0 bridgehead atoms. The Morgan fingerprint density at radius 3 is 2.61 bits per heavy atom. The van der Waals surface area contributed by atoms with Crippen LogP contribution in [0.15, 0.2) is 21.9 Å². The highest BCUT2D eigenvalue weighted by molar-refractivity contribution is 6.41. The van der Waals surface area contributed by atoms with E-state index in [-0.39, 0.29) is 27.3 Å². The normalized spacial score (nSPS) is 11.6. The van der Waals surface area contributed by atoms with Gasteiger partial charge in [0.05, 0.1) is 16.6 Å². The zero-order chi connectivity index (χ0) is 16.9. The van der Waals surface area contributed by atoms with Crippen LogP contribution in [-0.2, 0) is 0 Å². The van der Waals surface area contributed by atoms with Crippen LogP contribution in [0.5, 0.6) is 0 Å². The van der Waals surface area contributed by atoms with Gasteiger partial charge in [0, 0.05) is 11.6 Å². The highest BCUT2D eigenvalue weighted by atomic mass is 35.5. The second kappa shape index (κ2) is 5.50. The van der Waals surface area contributed by atoms with Gasteiger partial charge >= 0.3 is 5.69 Å². The van der Waals surface area contributed by atoms with Gasteiger partial charge in [-0.15, -0.1) is 0 Å². The first-order valence-corrected chi connectivity index (χ1v) is 7.62. The lowest BCUT2D eigenvalue weighted by Crippen LogP contribution is -2.32. The molecule has 0 aromatic carbocycles. The summed E-state index contributed by atoms with van der Waals surface area (Å²) in [5, 5.41) is 4.62. The molecule has 23 heavy (non-hydrogen) atoms. The van der Waals surface area contributed by atoms with Gasteiger partial charge in [0.15, 0.2) is 5.65 Å². The number of rotatable bonds is 2. The lowest BCUT2D eigenvalue weighted by atomic mass is 10.3. The van der Waals surface area contributed by atoms with E-state index in [1.54, 1.807) is 10.9 Å². The standard InChI is InChI=1S/C14H13Cl2N5O2/c1-6(2)21-13(7(3)5-17-21)20-11-8(12(22)19-14(20)23)4-9(15)10(16)18-11/h4-6H,1-3H3,(H,19,22,23). The fourth-order valence-corrected chi connectivity index (χ4v) is 2.69. The zero-order valence-corrected chi connectivity index (χ0v) is 14.1. The molecule has 1 N–H and O–H groups in total. The second-order valence-electron chi connectivity index (χ2n) is 5.42. The summed E-state index contributed by atoms with van der Waals surface area (Å²) in [5.41, 5.74) is -0.278. The molecule has 3 aromatic heterocycles. The largest absolute Gasteiger partial charge is 0.335 e. The first-order valence-electron chi connectivity index (χ1n) is 6.86. The molecule has 0 aliphatic carbocycles. The Kier molecular flexibility index (Phi) is 3.77. The number of fused-ring (bicyclic) bond motifs is 1. The molecule has 9 heteroatoms. The van der Waals surface area contributed by atoms with Crippen LogP contribution >= 0.6 is 23.2 Å². The van der Waals surface area contributed by atoms with Gasteiger partial charge in [-0.3, -0.25) is 9.78 Å². The molecule has 3 aromatic rings. The van der Waals surface area contributed by atoms with Gasteiger partial charge in [-0.2, -0.15) is 5.10 Å². The molecule has 0 radical (unpaired) electrons. The van der Waals surface area contributed by atoms with E-state index >= 15 is 0 Å². The summed E-state index contributed by atoms with van der Waals surface area (Å²) in [6, 6.07) is 1.40. The summed E-state index contributed by atoms with van der Waals surface area (Å²) in [6.07, 6.45) is 1.65. The summed E-state index contributed by atoms with van der Waals surface area (Å²) >= 11 is 11.9. The fourth-order valence-electron chi connectivity index (χ4n) is 2.41. The maximum absolute atomic E-state index is 12.4. The van der Waals surface area contributed by atoms with E-state index in [2.05, 4.69) is 15.1 Å². The highest BCUT2D eigenvalue weighted by Crippen LogP contribution is 2.24. The lowest BCUT2D eigenvalue weighted by Gasteiger charge is -2.15. The summed E-state index contributed by atoms with van der Waals surface area (Å²) < 4.78 is 2.97. The van der Waals surface area contributed by atoms with Gasteiger partial charge < -0.3 is 0 Å². The van der Waals surface area contributed by atoms with Crippen molar-refractivity contribution in [3.05, 3.63) is 48.8 Å². The van der Waals surface area contributed by atoms with Gasteiger partial charge in [0.25, 0.3) is 5.56 Å². The van der Waals surface area contributed by atoms with Crippen molar-refractivity contribution in [2.24, 2.45) is 0 Å². The molecule has 0 amide bonds. The Morgan fingerprint density at radius 2 is 1.96 bits per heavy atom. The summed E-state index contributed by atoms with van der Waals surface area (Å²) in [4.78, 5) is 30.9. The molecule has 0 saturated heterocycles. The van der Waals surface area contributed by atoms with Crippen molar-refractivity contribution in [2.45, 2.75) is 26.8 Å². The molecule has 0 aliphatic heterocycles. The average Bonchev–Trinajstić information content (AvgIpc) is 2.84. The van der Waals surface area contributed by atoms with Crippen LogP contribution in [0, 0.1) is 6.92 Å². The number of hydrogen-bond donors (Lipinski definition) is 1. The minimum atomic E-state index is -0.612. The van der Waals surface area contributed by atoms with Crippen molar-refractivity contribution in [1.29, 1.82) is 0 Å². The quantitative estimate of drug-likeness (QED) is 0.717. The Bertz CT molecular complexity index is 1030. The predicted octanol–water partition coefficient (Wildman–Crippen LogP) is 2.47. The minimum absolute atomic E-state index is 0.00958. The van der Waals surface area contributed by atoms with Crippen LogP contribution in [0.4, 0.5) is 0 Å². The highest BCUT2D eigenvalue weighted by Gasteiger charge is 2.19. The third-order valence-electron chi connectivity index (χ3n) is 3.44. The third kappa shape index (κ3) is 2.46. The average molecular weight is 354 g/mol. The zero-order valence-electron chi connectivity index (χ0n) is 12.6. The van der Waals surface area contributed by atoms with Crippen molar-refractivity contribution in [2.75, 3.05) is 0 Å². The van der Waals surface area contributed by atoms with Gasteiger partial charge in [0.2, 0.25) is 0 Å². The van der Waals surface area contributed by atoms with Crippen LogP contribution in [0.3, 0.4) is 0 Å². The van der Waals surface area contributed by atoms with Crippen LogP contribution in [0.2, 0.25) is 10.2 Å². The molecule has 3 rings (SSSR count). The fraction of sp³-hybridized carbons (Fsp3) is 0.286. The van der Waals surface area contributed by atoms with Gasteiger partial charge in [-0.05, 0) is 26.8 Å². The second-order valence-corrected chi connectivity index (χ2v) is 6.18. The first-order chi connectivity index (χ1) is 10.8. The van der Waals surface area contributed by atoms with Crippen LogP contribution in [0.1, 0.15) is 25.5 Å². The van der Waals surface area contributed by atoms with Crippen LogP contribution in [-0.4, -0.2) is 24.3 Å².